The second kappa shape index (κ2) is 3.09. The monoisotopic (exact) mass is 255 g/mol. The summed E-state index contributed by atoms with van der Waals surface area (Å²) in [6.45, 7) is 1.77. The van der Waals surface area contributed by atoms with Crippen molar-refractivity contribution in [1.82, 2.24) is 5.16 Å². The van der Waals surface area contributed by atoms with E-state index in [-0.39, 0.29) is 5.56 Å². The van der Waals surface area contributed by atoms with Crippen molar-refractivity contribution in [3.8, 4) is 0 Å². The molecule has 0 amide bonds. The molecular weight excluding hydrogens is 250 g/mol. The number of carbonyl (C=O) groups is 1. The van der Waals surface area contributed by atoms with Gasteiger partial charge in [-0.3, -0.25) is 0 Å². The van der Waals surface area contributed by atoms with E-state index in [1.165, 1.54) is 6.07 Å². The van der Waals surface area contributed by atoms with Gasteiger partial charge in [0.15, 0.2) is 5.58 Å². The highest BCUT2D eigenvalue weighted by Gasteiger charge is 2.16. The summed E-state index contributed by atoms with van der Waals surface area (Å²) in [5.41, 5.74) is 1.11. The Balaban J connectivity index is 2.90. The number of halogens is 1. The minimum Gasteiger partial charge on any atom is -0.478 e. The Morgan fingerprint density at radius 3 is 2.93 bits per heavy atom. The molecule has 2 rings (SSSR count). The molecule has 1 heterocycles. The Morgan fingerprint density at radius 1 is 1.57 bits per heavy atom. The summed E-state index contributed by atoms with van der Waals surface area (Å²) in [5.74, 6) is -1.02. The predicted octanol–water partition coefficient (Wildman–Crippen LogP) is 2.60. The van der Waals surface area contributed by atoms with E-state index < -0.39 is 5.97 Å². The molecule has 0 aliphatic carbocycles. The summed E-state index contributed by atoms with van der Waals surface area (Å²) in [7, 11) is 0. The molecule has 5 heteroatoms. The standard InChI is InChI=1S/C9H6BrNO3/c1-4-7-6(10)3-2-5(9(12)13)8(7)14-11-4/h2-3H,1H3,(H,12,13). The fraction of sp³-hybridized carbons (Fsp3) is 0.111. The highest BCUT2D eigenvalue weighted by atomic mass is 79.9. The zero-order chi connectivity index (χ0) is 10.3. The largest absolute Gasteiger partial charge is 0.478 e. The number of aromatic carboxylic acids is 1. The van der Waals surface area contributed by atoms with Gasteiger partial charge in [0.1, 0.15) is 5.56 Å². The van der Waals surface area contributed by atoms with Gasteiger partial charge >= 0.3 is 5.97 Å². The van der Waals surface area contributed by atoms with Crippen LogP contribution < -0.4 is 0 Å². The number of nitrogens with zero attached hydrogens (tertiary/aromatic N) is 1. The minimum atomic E-state index is -1.02. The van der Waals surface area contributed by atoms with E-state index in [4.69, 9.17) is 9.63 Å². The number of benzene rings is 1. The van der Waals surface area contributed by atoms with Crippen molar-refractivity contribution < 1.29 is 14.4 Å². The predicted molar refractivity (Wildman–Crippen MR) is 53.4 cm³/mol. The number of rotatable bonds is 1. The van der Waals surface area contributed by atoms with Crippen LogP contribution in [0.2, 0.25) is 0 Å². The van der Waals surface area contributed by atoms with Crippen molar-refractivity contribution in [1.29, 1.82) is 0 Å². The summed E-state index contributed by atoms with van der Waals surface area (Å²) < 4.78 is 5.75. The summed E-state index contributed by atoms with van der Waals surface area (Å²) in [6.07, 6.45) is 0. The van der Waals surface area contributed by atoms with Gasteiger partial charge < -0.3 is 9.63 Å². The highest BCUT2D eigenvalue weighted by molar-refractivity contribution is 9.10. The minimum absolute atomic E-state index is 0.129. The molecule has 0 saturated carbocycles. The van der Waals surface area contributed by atoms with Gasteiger partial charge in [-0.1, -0.05) is 5.16 Å². The van der Waals surface area contributed by atoms with E-state index in [9.17, 15) is 4.79 Å². The lowest BCUT2D eigenvalue weighted by atomic mass is 10.1. The maximum atomic E-state index is 10.8. The van der Waals surface area contributed by atoms with Gasteiger partial charge in [0, 0.05) is 4.47 Å². The number of fused-ring (bicyclic) bond motifs is 1. The Bertz CT molecular complexity index is 518. The lowest BCUT2D eigenvalue weighted by molar-refractivity contribution is 0.0697. The van der Waals surface area contributed by atoms with Crippen molar-refractivity contribution in [3.05, 3.63) is 27.9 Å². The molecule has 0 unspecified atom stereocenters. The van der Waals surface area contributed by atoms with Crippen molar-refractivity contribution in [2.75, 3.05) is 0 Å². The van der Waals surface area contributed by atoms with Crippen LogP contribution in [0.1, 0.15) is 16.1 Å². The Labute approximate surface area is 87.6 Å². The molecule has 0 aliphatic heterocycles. The van der Waals surface area contributed by atoms with Crippen LogP contribution in [0, 0.1) is 6.92 Å². The number of hydrogen-bond donors (Lipinski definition) is 1. The van der Waals surface area contributed by atoms with Gasteiger partial charge in [0.2, 0.25) is 0 Å². The average Bonchev–Trinajstić information content (AvgIpc) is 2.49. The molecule has 14 heavy (non-hydrogen) atoms. The molecule has 0 spiro atoms. The van der Waals surface area contributed by atoms with Gasteiger partial charge in [0.05, 0.1) is 11.1 Å². The van der Waals surface area contributed by atoms with Crippen LogP contribution in [-0.4, -0.2) is 16.2 Å². The first kappa shape index (κ1) is 9.21. The normalized spacial score (nSPS) is 10.7. The topological polar surface area (TPSA) is 63.3 Å². The zero-order valence-electron chi connectivity index (χ0n) is 7.24. The molecule has 1 aromatic heterocycles. The molecule has 4 nitrogen and oxygen atoms in total. The smallest absolute Gasteiger partial charge is 0.339 e. The Morgan fingerprint density at radius 2 is 2.29 bits per heavy atom. The van der Waals surface area contributed by atoms with Crippen molar-refractivity contribution in [2.45, 2.75) is 6.92 Å². The first-order valence-electron chi connectivity index (χ1n) is 3.89. The maximum absolute atomic E-state index is 10.8. The third kappa shape index (κ3) is 1.21. The van der Waals surface area contributed by atoms with Crippen molar-refractivity contribution in [3.63, 3.8) is 0 Å². The molecule has 1 N–H and O–H groups in total. The van der Waals surface area contributed by atoms with Crippen LogP contribution in [0.3, 0.4) is 0 Å². The maximum Gasteiger partial charge on any atom is 0.339 e. The van der Waals surface area contributed by atoms with E-state index in [2.05, 4.69) is 21.1 Å². The highest BCUT2D eigenvalue weighted by Crippen LogP contribution is 2.29. The first-order chi connectivity index (χ1) is 6.61. The van der Waals surface area contributed by atoms with Gasteiger partial charge in [-0.25, -0.2) is 4.79 Å². The molecule has 0 fully saturated rings. The van der Waals surface area contributed by atoms with E-state index in [1.54, 1.807) is 13.0 Å². The van der Waals surface area contributed by atoms with Crippen molar-refractivity contribution in [2.24, 2.45) is 0 Å². The first-order valence-corrected chi connectivity index (χ1v) is 4.68. The molecule has 2 aromatic rings. The molecule has 0 saturated heterocycles. The second-order valence-electron chi connectivity index (χ2n) is 2.87. The van der Waals surface area contributed by atoms with Crippen LogP contribution in [-0.2, 0) is 0 Å². The summed E-state index contributed by atoms with van der Waals surface area (Å²) >= 11 is 3.32. The Kier molecular flexibility index (Phi) is 2.03. The van der Waals surface area contributed by atoms with Crippen LogP contribution in [0.25, 0.3) is 11.0 Å². The molecule has 0 radical (unpaired) electrons. The van der Waals surface area contributed by atoms with Gasteiger partial charge in [-0.2, -0.15) is 0 Å². The SMILES string of the molecule is Cc1noc2c(C(=O)O)ccc(Br)c12. The van der Waals surface area contributed by atoms with E-state index in [0.717, 1.165) is 4.47 Å². The Hall–Kier alpha value is -1.36. The lowest BCUT2D eigenvalue weighted by Crippen LogP contribution is -1.96. The number of hydrogen-bond acceptors (Lipinski definition) is 3. The summed E-state index contributed by atoms with van der Waals surface area (Å²) in [6, 6.07) is 3.16. The summed E-state index contributed by atoms with van der Waals surface area (Å²) in [5, 5.41) is 13.3. The van der Waals surface area contributed by atoms with Gasteiger partial charge in [-0.15, -0.1) is 0 Å². The van der Waals surface area contributed by atoms with Crippen LogP contribution >= 0.6 is 15.9 Å². The summed E-state index contributed by atoms with van der Waals surface area (Å²) in [4.78, 5) is 10.8. The molecule has 0 atom stereocenters. The van der Waals surface area contributed by atoms with E-state index in [0.29, 0.717) is 16.7 Å². The molecular formula is C9H6BrNO3. The van der Waals surface area contributed by atoms with E-state index in [1.807, 2.05) is 0 Å². The number of aromatic nitrogens is 1. The van der Waals surface area contributed by atoms with Crippen LogP contribution in [0.15, 0.2) is 21.1 Å². The molecule has 0 aliphatic rings. The number of carboxylic acids is 1. The zero-order valence-corrected chi connectivity index (χ0v) is 8.83. The number of aryl methyl sites for hydroxylation is 1. The van der Waals surface area contributed by atoms with Gasteiger partial charge in [0.25, 0.3) is 0 Å². The molecule has 1 aromatic carbocycles. The second-order valence-corrected chi connectivity index (χ2v) is 3.73. The fourth-order valence-corrected chi connectivity index (χ4v) is 1.92. The fourth-order valence-electron chi connectivity index (χ4n) is 1.32. The molecule has 0 bridgehead atoms. The average molecular weight is 256 g/mol. The quantitative estimate of drug-likeness (QED) is 0.851. The van der Waals surface area contributed by atoms with Crippen LogP contribution in [0.5, 0.6) is 0 Å². The van der Waals surface area contributed by atoms with Crippen LogP contribution in [0.4, 0.5) is 0 Å². The third-order valence-corrected chi connectivity index (χ3v) is 2.63. The van der Waals surface area contributed by atoms with E-state index >= 15 is 0 Å². The van der Waals surface area contributed by atoms with Gasteiger partial charge in [-0.05, 0) is 35.0 Å². The third-order valence-electron chi connectivity index (χ3n) is 1.97. The van der Waals surface area contributed by atoms with Crippen molar-refractivity contribution >= 4 is 32.9 Å². The number of carboxylic acid groups (broad SMARTS) is 1. The lowest BCUT2D eigenvalue weighted by Gasteiger charge is -1.96. The molecule has 72 valence electrons.